The molecule has 1 saturated heterocycles. The Morgan fingerprint density at radius 2 is 1.62 bits per heavy atom. The van der Waals surface area contributed by atoms with Gasteiger partial charge in [0.1, 0.15) is 12.1 Å². The maximum Gasteiger partial charge on any atom is 0.405 e. The van der Waals surface area contributed by atoms with Crippen LogP contribution in [0.25, 0.3) is 0 Å². The van der Waals surface area contributed by atoms with E-state index in [0.717, 1.165) is 12.8 Å². The average molecular weight is 531 g/mol. The zero-order valence-electron chi connectivity index (χ0n) is 22.5. The van der Waals surface area contributed by atoms with Crippen LogP contribution in [0.15, 0.2) is 0 Å². The molecule has 0 aromatic rings. The Labute approximate surface area is 216 Å². The average Bonchev–Trinajstić information content (AvgIpc) is 3.55. The number of alkyl halides is 2. The summed E-state index contributed by atoms with van der Waals surface area (Å²) in [6.07, 6.45) is -0.366. The third kappa shape index (κ3) is 9.23. The standard InChI is InChI=1S/C25H40F2N4O6/c1-23(2,3)18(30-22(36)37)21(35)31-13-24(4,5)11-10-16(31)19(33)29-15(9-12-25(6,26)27)17(32)20(34)28-14-7-8-14/h14-16,18,30H,7-13H2,1-6H3,(H,28,34)(H,29,33)(H,36,37)/t15-,16+,18+/m0/s1. The van der Waals surface area contributed by atoms with Gasteiger partial charge >= 0.3 is 6.09 Å². The Morgan fingerprint density at radius 3 is 2.11 bits per heavy atom. The summed E-state index contributed by atoms with van der Waals surface area (Å²) < 4.78 is 27.2. The molecular weight excluding hydrogens is 490 g/mol. The zero-order valence-corrected chi connectivity index (χ0v) is 22.5. The van der Waals surface area contributed by atoms with Gasteiger partial charge in [-0.15, -0.1) is 0 Å². The molecule has 0 radical (unpaired) electrons. The van der Waals surface area contributed by atoms with Crippen molar-refractivity contribution in [2.75, 3.05) is 6.54 Å². The van der Waals surface area contributed by atoms with Gasteiger partial charge in [0.2, 0.25) is 23.5 Å². The lowest BCUT2D eigenvalue weighted by molar-refractivity contribution is -0.150. The van der Waals surface area contributed by atoms with Crippen molar-refractivity contribution in [3.05, 3.63) is 0 Å². The van der Waals surface area contributed by atoms with Crippen molar-refractivity contribution in [2.45, 2.75) is 110 Å². The molecule has 0 spiro atoms. The number of piperidine rings is 1. The second-order valence-corrected chi connectivity index (χ2v) is 12.2. The molecule has 37 heavy (non-hydrogen) atoms. The number of carbonyl (C=O) groups excluding carboxylic acids is 4. The highest BCUT2D eigenvalue weighted by molar-refractivity contribution is 6.38. The first kappa shape index (κ1) is 30.4. The van der Waals surface area contributed by atoms with Crippen LogP contribution in [0, 0.1) is 10.8 Å². The lowest BCUT2D eigenvalue weighted by atomic mass is 9.79. The molecular formula is C25H40F2N4O6. The smallest absolute Gasteiger partial charge is 0.405 e. The summed E-state index contributed by atoms with van der Waals surface area (Å²) in [4.78, 5) is 64.8. The van der Waals surface area contributed by atoms with E-state index >= 15 is 0 Å². The van der Waals surface area contributed by atoms with Crippen LogP contribution in [0.4, 0.5) is 13.6 Å². The van der Waals surface area contributed by atoms with E-state index in [4.69, 9.17) is 0 Å². The fraction of sp³-hybridized carbons (Fsp3) is 0.800. The van der Waals surface area contributed by atoms with Crippen LogP contribution < -0.4 is 16.0 Å². The first-order valence-electron chi connectivity index (χ1n) is 12.6. The number of hydrogen-bond acceptors (Lipinski definition) is 5. The largest absolute Gasteiger partial charge is 0.465 e. The predicted octanol–water partition coefficient (Wildman–Crippen LogP) is 2.45. The third-order valence-corrected chi connectivity index (χ3v) is 6.68. The summed E-state index contributed by atoms with van der Waals surface area (Å²) in [7, 11) is 0. The molecule has 1 aliphatic heterocycles. The molecule has 4 amide bonds. The van der Waals surface area contributed by atoms with Crippen molar-refractivity contribution in [1.29, 1.82) is 0 Å². The molecule has 2 fully saturated rings. The van der Waals surface area contributed by atoms with Gasteiger partial charge in [-0.3, -0.25) is 19.2 Å². The third-order valence-electron chi connectivity index (χ3n) is 6.68. The van der Waals surface area contributed by atoms with Crippen LogP contribution in [0.2, 0.25) is 0 Å². The monoisotopic (exact) mass is 530 g/mol. The topological polar surface area (TPSA) is 145 Å². The predicted molar refractivity (Wildman–Crippen MR) is 131 cm³/mol. The van der Waals surface area contributed by atoms with Crippen LogP contribution in [-0.2, 0) is 19.2 Å². The minimum Gasteiger partial charge on any atom is -0.465 e. The first-order valence-corrected chi connectivity index (χ1v) is 12.6. The Bertz CT molecular complexity index is 908. The first-order chi connectivity index (χ1) is 16.8. The van der Waals surface area contributed by atoms with Gasteiger partial charge in [0, 0.05) is 19.0 Å². The maximum absolute atomic E-state index is 13.6. The van der Waals surface area contributed by atoms with Crippen molar-refractivity contribution in [3.63, 3.8) is 0 Å². The summed E-state index contributed by atoms with van der Waals surface area (Å²) in [6.45, 7) is 9.72. The van der Waals surface area contributed by atoms with Gasteiger partial charge in [0.25, 0.3) is 5.91 Å². The summed E-state index contributed by atoms with van der Waals surface area (Å²) in [5, 5.41) is 16.5. The molecule has 0 unspecified atom stereocenters. The number of ketones is 1. The Kier molecular flexibility index (Phi) is 9.30. The molecule has 210 valence electrons. The van der Waals surface area contributed by atoms with E-state index in [0.29, 0.717) is 13.3 Å². The molecule has 4 N–H and O–H groups in total. The number of hydrogen-bond donors (Lipinski definition) is 4. The Hall–Kier alpha value is -2.79. The van der Waals surface area contributed by atoms with Crippen molar-refractivity contribution < 1.29 is 37.9 Å². The number of rotatable bonds is 10. The number of nitrogens with zero attached hydrogens (tertiary/aromatic N) is 1. The molecule has 2 rings (SSSR count). The minimum atomic E-state index is -3.12. The van der Waals surface area contributed by atoms with Gasteiger partial charge in [-0.1, -0.05) is 34.6 Å². The van der Waals surface area contributed by atoms with Crippen molar-refractivity contribution in [3.8, 4) is 0 Å². The lowest BCUT2D eigenvalue weighted by Crippen LogP contribution is -2.63. The summed E-state index contributed by atoms with van der Waals surface area (Å²) in [5.41, 5.74) is -1.19. The number of Topliss-reactive ketones (excluding diaryl/α,β-unsaturated/α-hetero) is 1. The van der Waals surface area contributed by atoms with Gasteiger partial charge in [-0.2, -0.15) is 0 Å². The Balaban J connectivity index is 2.30. The molecule has 10 nitrogen and oxygen atoms in total. The van der Waals surface area contributed by atoms with Gasteiger partial charge < -0.3 is 26.0 Å². The second-order valence-electron chi connectivity index (χ2n) is 12.2. The fourth-order valence-electron chi connectivity index (χ4n) is 4.35. The molecule has 0 bridgehead atoms. The van der Waals surface area contributed by atoms with Crippen LogP contribution in [-0.4, -0.2) is 76.2 Å². The van der Waals surface area contributed by atoms with Gasteiger partial charge in [-0.25, -0.2) is 13.6 Å². The highest BCUT2D eigenvalue weighted by Crippen LogP contribution is 2.34. The molecule has 1 aliphatic carbocycles. The number of carbonyl (C=O) groups is 5. The minimum absolute atomic E-state index is 0.134. The SMILES string of the molecule is CC(F)(F)CC[C@H](NC(=O)[C@H]1CCC(C)(C)CN1C(=O)[C@@H](NC(=O)O)C(C)(C)C)C(=O)C(=O)NC1CC1. The molecule has 2 aliphatic rings. The van der Waals surface area contributed by atoms with E-state index in [1.807, 2.05) is 13.8 Å². The molecule has 0 aromatic heterocycles. The quantitative estimate of drug-likeness (QED) is 0.319. The summed E-state index contributed by atoms with van der Waals surface area (Å²) in [6, 6.07) is -3.84. The highest BCUT2D eigenvalue weighted by Gasteiger charge is 2.45. The van der Waals surface area contributed by atoms with Crippen LogP contribution in [0.1, 0.15) is 80.1 Å². The molecule has 12 heteroatoms. The van der Waals surface area contributed by atoms with Crippen LogP contribution in [0.5, 0.6) is 0 Å². The zero-order chi connectivity index (χ0) is 28.3. The van der Waals surface area contributed by atoms with Crippen molar-refractivity contribution in [2.24, 2.45) is 10.8 Å². The van der Waals surface area contributed by atoms with E-state index in [2.05, 4.69) is 16.0 Å². The molecule has 0 aromatic carbocycles. The van der Waals surface area contributed by atoms with Crippen LogP contribution in [0.3, 0.4) is 0 Å². The van der Waals surface area contributed by atoms with Gasteiger partial charge in [0.05, 0.1) is 6.04 Å². The highest BCUT2D eigenvalue weighted by atomic mass is 19.3. The molecule has 1 heterocycles. The summed E-state index contributed by atoms with van der Waals surface area (Å²) in [5.74, 6) is -6.42. The number of carboxylic acid groups (broad SMARTS) is 1. The van der Waals surface area contributed by atoms with E-state index in [9.17, 15) is 37.9 Å². The normalized spacial score (nSPS) is 21.4. The van der Waals surface area contributed by atoms with E-state index in [1.165, 1.54) is 4.90 Å². The number of nitrogens with one attached hydrogen (secondary N) is 3. The Morgan fingerprint density at radius 1 is 1.03 bits per heavy atom. The second kappa shape index (κ2) is 11.3. The van der Waals surface area contributed by atoms with Crippen molar-refractivity contribution >= 4 is 29.6 Å². The van der Waals surface area contributed by atoms with Crippen LogP contribution >= 0.6 is 0 Å². The fourth-order valence-corrected chi connectivity index (χ4v) is 4.35. The summed E-state index contributed by atoms with van der Waals surface area (Å²) >= 11 is 0. The van der Waals surface area contributed by atoms with E-state index < -0.39 is 71.9 Å². The number of likely N-dealkylation sites (tertiary alicyclic amines) is 1. The van der Waals surface area contributed by atoms with Crippen molar-refractivity contribution in [1.82, 2.24) is 20.9 Å². The van der Waals surface area contributed by atoms with E-state index in [1.54, 1.807) is 20.8 Å². The van der Waals surface area contributed by atoms with E-state index in [-0.39, 0.29) is 24.4 Å². The molecule has 1 saturated carbocycles. The number of amides is 4. The van der Waals surface area contributed by atoms with Gasteiger partial charge in [0.15, 0.2) is 0 Å². The number of halogens is 2. The molecule has 3 atom stereocenters. The lowest BCUT2D eigenvalue weighted by Gasteiger charge is -2.45. The maximum atomic E-state index is 13.6. The van der Waals surface area contributed by atoms with Gasteiger partial charge in [-0.05, 0) is 49.9 Å².